The molecule has 0 aliphatic heterocycles. The van der Waals surface area contributed by atoms with E-state index in [1.165, 1.54) is 13.2 Å². The molecule has 0 atom stereocenters. The number of methoxy groups -OCH3 is 2. The minimum Gasteiger partial charge on any atom is -0.496 e. The van der Waals surface area contributed by atoms with Gasteiger partial charge in [0.05, 0.1) is 19.6 Å². The number of hydrogen-bond acceptors (Lipinski definition) is 4. The van der Waals surface area contributed by atoms with Crippen molar-refractivity contribution in [2.45, 2.75) is 0 Å². The Balaban J connectivity index is 2.86. The summed E-state index contributed by atoms with van der Waals surface area (Å²) in [5.41, 5.74) is -0.00148. The molecule has 0 saturated heterocycles. The summed E-state index contributed by atoms with van der Waals surface area (Å²) in [4.78, 5) is 11.1. The predicted octanol–water partition coefficient (Wildman–Crippen LogP) is 1.81. The second kappa shape index (κ2) is 3.65. The Hall–Kier alpha value is -1.97. The molecule has 0 radical (unpaired) electrons. The molecule has 0 spiro atoms. The molecule has 15 heavy (non-hydrogen) atoms. The molecule has 0 fully saturated rings. The molecule has 2 aromatic rings. The summed E-state index contributed by atoms with van der Waals surface area (Å²) in [6.07, 6.45) is 0. The molecule has 0 N–H and O–H groups in total. The van der Waals surface area contributed by atoms with Gasteiger partial charge in [0, 0.05) is 6.07 Å². The fraction of sp³-hybridized carbons (Fsp3) is 0.182. The monoisotopic (exact) mass is 206 g/mol. The van der Waals surface area contributed by atoms with E-state index in [2.05, 4.69) is 0 Å². The van der Waals surface area contributed by atoms with E-state index in [0.29, 0.717) is 17.1 Å². The van der Waals surface area contributed by atoms with Crippen LogP contribution in [0, 0.1) is 0 Å². The number of benzene rings is 1. The van der Waals surface area contributed by atoms with E-state index in [1.807, 2.05) is 0 Å². The lowest BCUT2D eigenvalue weighted by atomic mass is 10.2. The lowest BCUT2D eigenvalue weighted by Gasteiger charge is -2.07. The van der Waals surface area contributed by atoms with Gasteiger partial charge in [-0.3, -0.25) is 0 Å². The second-order valence-corrected chi connectivity index (χ2v) is 2.97. The minimum absolute atomic E-state index is 0.407. The first-order valence-corrected chi connectivity index (χ1v) is 4.41. The van der Waals surface area contributed by atoms with Crippen LogP contribution < -0.4 is 15.1 Å². The van der Waals surface area contributed by atoms with Gasteiger partial charge in [0.15, 0.2) is 11.3 Å². The van der Waals surface area contributed by atoms with Gasteiger partial charge in [0.1, 0.15) is 5.75 Å². The Kier molecular flexibility index (Phi) is 2.33. The molecule has 0 aliphatic rings. The number of fused-ring (bicyclic) bond motifs is 1. The van der Waals surface area contributed by atoms with Gasteiger partial charge in [-0.05, 0) is 18.2 Å². The van der Waals surface area contributed by atoms with E-state index in [1.54, 1.807) is 25.3 Å². The van der Waals surface area contributed by atoms with E-state index in [0.717, 1.165) is 5.39 Å². The van der Waals surface area contributed by atoms with Crippen molar-refractivity contribution in [1.82, 2.24) is 0 Å². The fourth-order valence-corrected chi connectivity index (χ4v) is 1.45. The Morgan fingerprint density at radius 1 is 1.00 bits per heavy atom. The molecular weight excluding hydrogens is 196 g/mol. The molecule has 2 rings (SSSR count). The zero-order chi connectivity index (χ0) is 10.8. The van der Waals surface area contributed by atoms with Crippen molar-refractivity contribution in [3.8, 4) is 11.5 Å². The smallest absolute Gasteiger partial charge is 0.336 e. The lowest BCUT2D eigenvalue weighted by Crippen LogP contribution is -1.97. The fourth-order valence-electron chi connectivity index (χ4n) is 1.45. The van der Waals surface area contributed by atoms with Gasteiger partial charge in [0.25, 0.3) is 0 Å². The zero-order valence-electron chi connectivity index (χ0n) is 8.44. The molecule has 78 valence electrons. The van der Waals surface area contributed by atoms with Gasteiger partial charge in [0.2, 0.25) is 0 Å². The Labute approximate surface area is 86.0 Å². The Morgan fingerprint density at radius 3 is 2.33 bits per heavy atom. The number of hydrogen-bond donors (Lipinski definition) is 0. The van der Waals surface area contributed by atoms with Crippen molar-refractivity contribution in [3.05, 3.63) is 34.7 Å². The van der Waals surface area contributed by atoms with Crippen LogP contribution in [0.15, 0.2) is 33.5 Å². The van der Waals surface area contributed by atoms with Crippen molar-refractivity contribution < 1.29 is 13.9 Å². The van der Waals surface area contributed by atoms with Crippen LogP contribution in [0.3, 0.4) is 0 Å². The standard InChI is InChI=1S/C11H10O4/c1-13-8-4-5-9(14-2)11-7(8)3-6-10(12)15-11/h3-6H,1-2H3. The molecule has 1 heterocycles. The predicted molar refractivity (Wildman–Crippen MR) is 55.6 cm³/mol. The van der Waals surface area contributed by atoms with Gasteiger partial charge in [-0.2, -0.15) is 0 Å². The van der Waals surface area contributed by atoms with Crippen molar-refractivity contribution >= 4 is 11.0 Å². The summed E-state index contributed by atoms with van der Waals surface area (Å²) in [5.74, 6) is 1.16. The van der Waals surface area contributed by atoms with Gasteiger partial charge >= 0.3 is 5.63 Å². The van der Waals surface area contributed by atoms with E-state index in [9.17, 15) is 4.79 Å². The normalized spacial score (nSPS) is 10.3. The minimum atomic E-state index is -0.408. The highest BCUT2D eigenvalue weighted by atomic mass is 16.5. The molecule has 0 saturated carbocycles. The van der Waals surface area contributed by atoms with E-state index in [4.69, 9.17) is 13.9 Å². The largest absolute Gasteiger partial charge is 0.496 e. The molecule has 1 aromatic heterocycles. The first kappa shape index (κ1) is 9.58. The van der Waals surface area contributed by atoms with Gasteiger partial charge < -0.3 is 13.9 Å². The lowest BCUT2D eigenvalue weighted by molar-refractivity contribution is 0.399. The number of rotatable bonds is 2. The highest BCUT2D eigenvalue weighted by Gasteiger charge is 2.09. The summed E-state index contributed by atoms with van der Waals surface area (Å²) in [7, 11) is 3.08. The van der Waals surface area contributed by atoms with Crippen molar-refractivity contribution in [2.75, 3.05) is 14.2 Å². The second-order valence-electron chi connectivity index (χ2n) is 2.97. The molecule has 0 aliphatic carbocycles. The van der Waals surface area contributed by atoms with Crippen LogP contribution >= 0.6 is 0 Å². The first-order valence-electron chi connectivity index (χ1n) is 4.41. The average molecular weight is 206 g/mol. The molecule has 0 unspecified atom stereocenters. The highest BCUT2D eigenvalue weighted by molar-refractivity contribution is 5.88. The third-order valence-corrected chi connectivity index (χ3v) is 2.15. The van der Waals surface area contributed by atoms with E-state index in [-0.39, 0.29) is 0 Å². The SMILES string of the molecule is COc1ccc(OC)c2oc(=O)ccc12. The van der Waals surface area contributed by atoms with Crippen molar-refractivity contribution in [1.29, 1.82) is 0 Å². The maximum Gasteiger partial charge on any atom is 0.336 e. The summed E-state index contributed by atoms with van der Waals surface area (Å²) in [6, 6.07) is 6.47. The van der Waals surface area contributed by atoms with Crippen LogP contribution in [-0.4, -0.2) is 14.2 Å². The Bertz CT molecular complexity index is 542. The maximum atomic E-state index is 11.1. The van der Waals surface area contributed by atoms with Crippen molar-refractivity contribution in [3.63, 3.8) is 0 Å². The zero-order valence-corrected chi connectivity index (χ0v) is 8.44. The summed E-state index contributed by atoms with van der Waals surface area (Å²) < 4.78 is 15.3. The molecule has 0 bridgehead atoms. The highest BCUT2D eigenvalue weighted by Crippen LogP contribution is 2.31. The van der Waals surface area contributed by atoms with E-state index >= 15 is 0 Å². The quantitative estimate of drug-likeness (QED) is 0.703. The van der Waals surface area contributed by atoms with Gasteiger partial charge in [-0.1, -0.05) is 0 Å². The molecule has 1 aromatic carbocycles. The average Bonchev–Trinajstić information content (AvgIpc) is 2.27. The van der Waals surface area contributed by atoms with Crippen LogP contribution in [-0.2, 0) is 0 Å². The van der Waals surface area contributed by atoms with Crippen LogP contribution in [0.25, 0.3) is 11.0 Å². The first-order chi connectivity index (χ1) is 7.26. The third-order valence-electron chi connectivity index (χ3n) is 2.15. The third kappa shape index (κ3) is 1.54. The van der Waals surface area contributed by atoms with Crippen LogP contribution in [0.2, 0.25) is 0 Å². The van der Waals surface area contributed by atoms with E-state index < -0.39 is 5.63 Å². The molecular formula is C11H10O4. The molecule has 4 heteroatoms. The summed E-state index contributed by atoms with van der Waals surface area (Å²) >= 11 is 0. The van der Waals surface area contributed by atoms with Crippen LogP contribution in [0.5, 0.6) is 11.5 Å². The van der Waals surface area contributed by atoms with Crippen LogP contribution in [0.4, 0.5) is 0 Å². The van der Waals surface area contributed by atoms with Gasteiger partial charge in [-0.25, -0.2) is 4.79 Å². The van der Waals surface area contributed by atoms with Crippen molar-refractivity contribution in [2.24, 2.45) is 0 Å². The van der Waals surface area contributed by atoms with Gasteiger partial charge in [-0.15, -0.1) is 0 Å². The molecule has 4 nitrogen and oxygen atoms in total. The topological polar surface area (TPSA) is 48.7 Å². The maximum absolute atomic E-state index is 11.1. The van der Waals surface area contributed by atoms with Crippen LogP contribution in [0.1, 0.15) is 0 Å². The molecule has 0 amide bonds. The summed E-state index contributed by atoms with van der Waals surface area (Å²) in [5, 5.41) is 0.719. The Morgan fingerprint density at radius 2 is 1.67 bits per heavy atom. The summed E-state index contributed by atoms with van der Waals surface area (Å²) in [6.45, 7) is 0. The number of ether oxygens (including phenoxy) is 2.